The predicted octanol–water partition coefficient (Wildman–Crippen LogP) is 3.84. The second kappa shape index (κ2) is 11.5. The van der Waals surface area contributed by atoms with Crippen LogP contribution in [0.1, 0.15) is 19.4 Å². The van der Waals surface area contributed by atoms with Crippen LogP contribution in [0.25, 0.3) is 0 Å². The third-order valence-corrected chi connectivity index (χ3v) is 5.33. The number of halogens is 2. The summed E-state index contributed by atoms with van der Waals surface area (Å²) in [5, 5.41) is 14.4. The van der Waals surface area contributed by atoms with E-state index in [1.165, 1.54) is 30.2 Å². The van der Waals surface area contributed by atoms with Crippen LogP contribution in [0.4, 0.5) is 5.69 Å². The number of amides is 2. The van der Waals surface area contributed by atoms with Crippen LogP contribution < -0.4 is 14.8 Å². The Morgan fingerprint density at radius 2 is 1.88 bits per heavy atom. The lowest BCUT2D eigenvalue weighted by atomic mass is 10.1. The molecule has 0 unspecified atom stereocenters. The van der Waals surface area contributed by atoms with Gasteiger partial charge >= 0.3 is 5.69 Å². The number of nitrogens with zero attached hydrogens (tertiary/aromatic N) is 2. The Labute approximate surface area is 195 Å². The molecule has 2 amide bonds. The van der Waals surface area contributed by atoms with Crippen LogP contribution in [-0.2, 0) is 16.1 Å². The molecule has 0 fully saturated rings. The van der Waals surface area contributed by atoms with Crippen molar-refractivity contribution >= 4 is 40.7 Å². The quantitative estimate of drug-likeness (QED) is 0.405. The zero-order valence-electron chi connectivity index (χ0n) is 17.8. The number of hydrogen-bond donors (Lipinski definition) is 1. The smallest absolute Gasteiger partial charge is 0.311 e. The molecule has 1 atom stereocenters. The number of nitro benzene ring substituents is 1. The monoisotopic (exact) mass is 483 g/mol. The van der Waals surface area contributed by atoms with Crippen molar-refractivity contribution in [3.05, 3.63) is 62.1 Å². The van der Waals surface area contributed by atoms with E-state index in [1.54, 1.807) is 32.0 Å². The van der Waals surface area contributed by atoms with Crippen LogP contribution in [0, 0.1) is 10.1 Å². The zero-order chi connectivity index (χ0) is 23.8. The van der Waals surface area contributed by atoms with Crippen LogP contribution in [0.5, 0.6) is 11.5 Å². The first-order valence-electron chi connectivity index (χ1n) is 9.64. The molecule has 0 spiro atoms. The van der Waals surface area contributed by atoms with E-state index >= 15 is 0 Å². The highest BCUT2D eigenvalue weighted by atomic mass is 35.5. The molecule has 0 saturated carbocycles. The number of likely N-dealkylation sites (N-methyl/N-ethyl adjacent to an activating group) is 1. The van der Waals surface area contributed by atoms with Crippen molar-refractivity contribution in [2.24, 2.45) is 0 Å². The molecular weight excluding hydrogens is 461 g/mol. The minimum Gasteiger partial charge on any atom is -0.490 e. The summed E-state index contributed by atoms with van der Waals surface area (Å²) in [6.07, 6.45) is 0. The maximum Gasteiger partial charge on any atom is 0.311 e. The van der Waals surface area contributed by atoms with Gasteiger partial charge in [-0.3, -0.25) is 19.7 Å². The lowest BCUT2D eigenvalue weighted by Gasteiger charge is -2.29. The molecule has 0 saturated heterocycles. The van der Waals surface area contributed by atoms with E-state index in [0.717, 1.165) is 0 Å². The molecule has 9 nitrogen and oxygen atoms in total. The number of ether oxygens (including phenoxy) is 2. The number of benzene rings is 2. The highest BCUT2D eigenvalue weighted by Gasteiger charge is 2.27. The van der Waals surface area contributed by atoms with Crippen LogP contribution in [0.3, 0.4) is 0 Å². The van der Waals surface area contributed by atoms with Gasteiger partial charge in [-0.2, -0.15) is 0 Å². The molecule has 0 aliphatic rings. The third-order valence-electron chi connectivity index (χ3n) is 4.62. The Bertz CT molecular complexity index is 981. The minimum absolute atomic E-state index is 0.00431. The molecule has 0 aliphatic heterocycles. The summed E-state index contributed by atoms with van der Waals surface area (Å²) in [5.41, 5.74) is 0.267. The Morgan fingerprint density at radius 3 is 2.44 bits per heavy atom. The molecule has 2 aromatic rings. The standard InChI is InChI=1S/C21H23Cl2N3O6/c1-4-24-21(28)13(2)25(11-15-16(22)6-5-7-17(15)23)20(27)12-32-14-8-9-18(26(29)30)19(10-14)31-3/h5-10,13H,4,11-12H2,1-3H3,(H,24,28)/t13-/m0/s1. The first-order valence-corrected chi connectivity index (χ1v) is 10.4. The molecular formula is C21H23Cl2N3O6. The average molecular weight is 484 g/mol. The molecule has 2 rings (SSSR count). The van der Waals surface area contributed by atoms with Crippen LogP contribution in [-0.4, -0.2) is 47.9 Å². The molecule has 1 N–H and O–H groups in total. The van der Waals surface area contributed by atoms with Gasteiger partial charge in [0.1, 0.15) is 11.8 Å². The predicted molar refractivity (Wildman–Crippen MR) is 120 cm³/mol. The van der Waals surface area contributed by atoms with E-state index in [0.29, 0.717) is 22.2 Å². The second-order valence-electron chi connectivity index (χ2n) is 6.67. The van der Waals surface area contributed by atoms with E-state index < -0.39 is 23.5 Å². The molecule has 11 heteroatoms. The number of rotatable bonds is 10. The van der Waals surface area contributed by atoms with Gasteiger partial charge in [0, 0.05) is 40.8 Å². The Kier molecular flexibility index (Phi) is 9.10. The van der Waals surface area contributed by atoms with E-state index in [4.69, 9.17) is 32.7 Å². The fourth-order valence-electron chi connectivity index (χ4n) is 2.88. The number of carbonyl (C=O) groups is 2. The highest BCUT2D eigenvalue weighted by molar-refractivity contribution is 6.36. The number of hydrogen-bond acceptors (Lipinski definition) is 6. The molecule has 32 heavy (non-hydrogen) atoms. The second-order valence-corrected chi connectivity index (χ2v) is 7.49. The fourth-order valence-corrected chi connectivity index (χ4v) is 3.40. The lowest BCUT2D eigenvalue weighted by molar-refractivity contribution is -0.385. The van der Waals surface area contributed by atoms with Crippen LogP contribution in [0.2, 0.25) is 10.0 Å². The molecule has 172 valence electrons. The molecule has 0 heterocycles. The maximum atomic E-state index is 13.0. The number of nitrogens with one attached hydrogen (secondary N) is 1. The summed E-state index contributed by atoms with van der Waals surface area (Å²) in [5.74, 6) is -0.657. The molecule has 2 aromatic carbocycles. The maximum absolute atomic E-state index is 13.0. The molecule has 0 aliphatic carbocycles. The Balaban J connectivity index is 2.24. The van der Waals surface area contributed by atoms with Crippen molar-refractivity contribution in [2.45, 2.75) is 26.4 Å². The number of methoxy groups -OCH3 is 1. The normalized spacial score (nSPS) is 11.4. The van der Waals surface area contributed by atoms with Gasteiger partial charge in [0.2, 0.25) is 11.7 Å². The van der Waals surface area contributed by atoms with E-state index in [2.05, 4.69) is 5.32 Å². The van der Waals surface area contributed by atoms with Crippen molar-refractivity contribution in [2.75, 3.05) is 20.3 Å². The number of carbonyl (C=O) groups excluding carboxylic acids is 2. The summed E-state index contributed by atoms with van der Waals surface area (Å²) in [6.45, 7) is 3.32. The van der Waals surface area contributed by atoms with Gasteiger partial charge in [0.25, 0.3) is 5.91 Å². The molecule has 0 bridgehead atoms. The van der Waals surface area contributed by atoms with Crippen molar-refractivity contribution in [1.29, 1.82) is 0 Å². The summed E-state index contributed by atoms with van der Waals surface area (Å²) < 4.78 is 10.5. The van der Waals surface area contributed by atoms with E-state index in [-0.39, 0.29) is 29.6 Å². The number of nitro groups is 1. The Hall–Kier alpha value is -3.04. The van der Waals surface area contributed by atoms with Gasteiger partial charge in [-0.05, 0) is 32.0 Å². The van der Waals surface area contributed by atoms with Gasteiger partial charge in [-0.15, -0.1) is 0 Å². The van der Waals surface area contributed by atoms with Gasteiger partial charge < -0.3 is 19.7 Å². The summed E-state index contributed by atoms with van der Waals surface area (Å²) in [4.78, 5) is 37.2. The first kappa shape index (κ1) is 25.2. The van der Waals surface area contributed by atoms with E-state index in [9.17, 15) is 19.7 Å². The minimum atomic E-state index is -0.829. The van der Waals surface area contributed by atoms with Crippen LogP contribution in [0.15, 0.2) is 36.4 Å². The summed E-state index contributed by atoms with van der Waals surface area (Å²) in [6, 6.07) is 8.02. The van der Waals surface area contributed by atoms with Gasteiger partial charge in [0.05, 0.1) is 12.0 Å². The first-order chi connectivity index (χ1) is 15.2. The SMILES string of the molecule is CCNC(=O)[C@H](C)N(Cc1c(Cl)cccc1Cl)C(=O)COc1ccc([N+](=O)[O-])c(OC)c1. The summed E-state index contributed by atoms with van der Waals surface area (Å²) >= 11 is 12.5. The third kappa shape index (κ3) is 6.24. The topological polar surface area (TPSA) is 111 Å². The van der Waals surface area contributed by atoms with Crippen molar-refractivity contribution in [3.8, 4) is 11.5 Å². The van der Waals surface area contributed by atoms with E-state index in [1.807, 2.05) is 0 Å². The fraction of sp³-hybridized carbons (Fsp3) is 0.333. The van der Waals surface area contributed by atoms with Gasteiger partial charge in [0.15, 0.2) is 6.61 Å². The zero-order valence-corrected chi connectivity index (χ0v) is 19.3. The van der Waals surface area contributed by atoms with Crippen molar-refractivity contribution < 1.29 is 24.0 Å². The molecule has 0 aromatic heterocycles. The van der Waals surface area contributed by atoms with Gasteiger partial charge in [-0.1, -0.05) is 29.3 Å². The van der Waals surface area contributed by atoms with Crippen LogP contribution >= 0.6 is 23.2 Å². The van der Waals surface area contributed by atoms with Crippen molar-refractivity contribution in [1.82, 2.24) is 10.2 Å². The van der Waals surface area contributed by atoms with Crippen molar-refractivity contribution in [3.63, 3.8) is 0 Å². The Morgan fingerprint density at radius 1 is 1.22 bits per heavy atom. The van der Waals surface area contributed by atoms with Gasteiger partial charge in [-0.25, -0.2) is 0 Å². The average Bonchev–Trinajstić information content (AvgIpc) is 2.76. The largest absolute Gasteiger partial charge is 0.490 e. The molecule has 0 radical (unpaired) electrons. The highest BCUT2D eigenvalue weighted by Crippen LogP contribution is 2.31. The summed E-state index contributed by atoms with van der Waals surface area (Å²) in [7, 11) is 1.29. The lowest BCUT2D eigenvalue weighted by Crippen LogP contribution is -2.49.